The molecule has 2 aromatic heterocycles. The molecule has 0 saturated carbocycles. The molecule has 37 heavy (non-hydrogen) atoms. The highest BCUT2D eigenvalue weighted by Crippen LogP contribution is 2.34. The second-order valence-corrected chi connectivity index (χ2v) is 10.4. The number of H-pyrrole nitrogens is 1. The zero-order valence-corrected chi connectivity index (χ0v) is 22.1. The van der Waals surface area contributed by atoms with Gasteiger partial charge in [0.25, 0.3) is 0 Å². The highest BCUT2D eigenvalue weighted by atomic mass is 35.5. The third kappa shape index (κ3) is 5.55. The number of benzene rings is 1. The van der Waals surface area contributed by atoms with E-state index in [1.54, 1.807) is 12.1 Å². The molecule has 2 aliphatic heterocycles. The van der Waals surface area contributed by atoms with Gasteiger partial charge in [-0.1, -0.05) is 11.6 Å². The fourth-order valence-corrected chi connectivity index (χ4v) is 5.45. The van der Waals surface area contributed by atoms with Crippen LogP contribution in [0, 0.1) is 19.7 Å². The molecule has 1 atom stereocenters. The Morgan fingerprint density at radius 3 is 2.59 bits per heavy atom. The standard InChI is InChI=1S/C26H32ClFN8O/c1-15-11-21(30-26-29-14-19(27)24(32-26)31-23-12-16(2)33-34-23)20(28)13-18(15)17-6-9-36(10-7-17)25(37)22-5-4-8-35(22)3/h11-14,17,22H,4-10H2,1-3H3,(H3,29,30,31,32,33,34)/t22-/m1/s1. The van der Waals surface area contributed by atoms with Gasteiger partial charge in [0, 0.05) is 24.8 Å². The summed E-state index contributed by atoms with van der Waals surface area (Å²) >= 11 is 6.24. The number of aromatic amines is 1. The summed E-state index contributed by atoms with van der Waals surface area (Å²) in [7, 11) is 2.02. The van der Waals surface area contributed by atoms with Crippen molar-refractivity contribution in [2.45, 2.75) is 51.5 Å². The number of piperidine rings is 1. The summed E-state index contributed by atoms with van der Waals surface area (Å²) in [4.78, 5) is 25.7. The summed E-state index contributed by atoms with van der Waals surface area (Å²) in [5, 5.41) is 13.3. The zero-order chi connectivity index (χ0) is 26.1. The summed E-state index contributed by atoms with van der Waals surface area (Å²) in [5.41, 5.74) is 3.16. The largest absolute Gasteiger partial charge is 0.341 e. The van der Waals surface area contributed by atoms with Crippen molar-refractivity contribution in [2.75, 3.05) is 37.3 Å². The van der Waals surface area contributed by atoms with Crippen LogP contribution in [0.25, 0.3) is 0 Å². The smallest absolute Gasteiger partial charge is 0.239 e. The van der Waals surface area contributed by atoms with Crippen LogP contribution in [0.15, 0.2) is 24.4 Å². The van der Waals surface area contributed by atoms with E-state index in [4.69, 9.17) is 11.6 Å². The lowest BCUT2D eigenvalue weighted by molar-refractivity contribution is -0.136. The van der Waals surface area contributed by atoms with Crippen LogP contribution in [0.1, 0.15) is 48.4 Å². The van der Waals surface area contributed by atoms with Gasteiger partial charge in [-0.15, -0.1) is 0 Å². The van der Waals surface area contributed by atoms with E-state index in [-0.39, 0.29) is 29.6 Å². The molecule has 2 saturated heterocycles. The van der Waals surface area contributed by atoms with Gasteiger partial charge in [0.15, 0.2) is 11.6 Å². The first-order valence-corrected chi connectivity index (χ1v) is 13.0. The van der Waals surface area contributed by atoms with Crippen molar-refractivity contribution in [3.63, 3.8) is 0 Å². The van der Waals surface area contributed by atoms with Gasteiger partial charge in [-0.3, -0.25) is 14.8 Å². The monoisotopic (exact) mass is 526 g/mol. The van der Waals surface area contributed by atoms with E-state index in [9.17, 15) is 4.79 Å². The Labute approximate surface area is 220 Å². The minimum Gasteiger partial charge on any atom is -0.341 e. The Hall–Kier alpha value is -3.24. The van der Waals surface area contributed by atoms with Crippen LogP contribution in [0.3, 0.4) is 0 Å². The molecule has 11 heteroatoms. The topological polar surface area (TPSA) is 102 Å². The molecule has 5 rings (SSSR count). The second kappa shape index (κ2) is 10.6. The number of likely N-dealkylation sites (N-methyl/N-ethyl adjacent to an activating group) is 1. The van der Waals surface area contributed by atoms with Gasteiger partial charge in [0.05, 0.1) is 17.9 Å². The summed E-state index contributed by atoms with van der Waals surface area (Å²) in [6.45, 7) is 6.27. The van der Waals surface area contributed by atoms with Gasteiger partial charge in [-0.2, -0.15) is 10.1 Å². The molecule has 0 bridgehead atoms. The van der Waals surface area contributed by atoms with Gasteiger partial charge in [-0.05, 0) is 82.3 Å². The van der Waals surface area contributed by atoms with Crippen molar-refractivity contribution < 1.29 is 9.18 Å². The number of aromatic nitrogens is 4. The second-order valence-electron chi connectivity index (χ2n) is 10.0. The highest BCUT2D eigenvalue weighted by molar-refractivity contribution is 6.32. The molecule has 196 valence electrons. The normalized spacial score (nSPS) is 18.8. The quantitative estimate of drug-likeness (QED) is 0.420. The molecule has 0 aliphatic carbocycles. The Kier molecular flexibility index (Phi) is 7.30. The Balaban J connectivity index is 1.25. The molecule has 0 spiro atoms. The maximum Gasteiger partial charge on any atom is 0.239 e. The molecule has 2 aliphatic rings. The third-order valence-electron chi connectivity index (χ3n) is 7.35. The Bertz CT molecular complexity index is 1290. The van der Waals surface area contributed by atoms with Crippen molar-refractivity contribution in [1.82, 2.24) is 30.0 Å². The number of likely N-dealkylation sites (tertiary alicyclic amines) is 2. The number of carbonyl (C=O) groups is 1. The number of anilines is 4. The van der Waals surface area contributed by atoms with E-state index < -0.39 is 0 Å². The predicted octanol–water partition coefficient (Wildman–Crippen LogP) is 4.90. The summed E-state index contributed by atoms with van der Waals surface area (Å²) in [6, 6.07) is 5.22. The molecule has 1 aromatic carbocycles. The lowest BCUT2D eigenvalue weighted by atomic mass is 9.86. The predicted molar refractivity (Wildman–Crippen MR) is 142 cm³/mol. The van der Waals surface area contributed by atoms with E-state index in [0.29, 0.717) is 35.4 Å². The number of rotatable bonds is 6. The molecule has 2 fully saturated rings. The highest BCUT2D eigenvalue weighted by Gasteiger charge is 2.33. The van der Waals surface area contributed by atoms with Crippen LogP contribution in [-0.2, 0) is 4.79 Å². The van der Waals surface area contributed by atoms with Gasteiger partial charge in [0.2, 0.25) is 11.9 Å². The lowest BCUT2D eigenvalue weighted by Gasteiger charge is -2.35. The van der Waals surface area contributed by atoms with E-state index >= 15 is 4.39 Å². The first-order chi connectivity index (χ1) is 17.8. The van der Waals surface area contributed by atoms with Crippen molar-refractivity contribution >= 4 is 40.8 Å². The van der Waals surface area contributed by atoms with Crippen LogP contribution in [0.5, 0.6) is 0 Å². The van der Waals surface area contributed by atoms with Gasteiger partial charge < -0.3 is 15.5 Å². The van der Waals surface area contributed by atoms with E-state index in [0.717, 1.165) is 49.0 Å². The minimum atomic E-state index is -0.373. The Morgan fingerprint density at radius 1 is 1.14 bits per heavy atom. The number of amides is 1. The number of halogens is 2. The van der Waals surface area contributed by atoms with E-state index in [2.05, 4.69) is 35.7 Å². The van der Waals surface area contributed by atoms with Gasteiger partial charge >= 0.3 is 0 Å². The van der Waals surface area contributed by atoms with Gasteiger partial charge in [-0.25, -0.2) is 9.37 Å². The number of nitrogens with zero attached hydrogens (tertiary/aromatic N) is 5. The number of hydrogen-bond acceptors (Lipinski definition) is 7. The van der Waals surface area contributed by atoms with Gasteiger partial charge in [0.1, 0.15) is 10.8 Å². The number of nitrogens with one attached hydrogen (secondary N) is 3. The first-order valence-electron chi connectivity index (χ1n) is 12.7. The van der Waals surface area contributed by atoms with Crippen LogP contribution < -0.4 is 10.6 Å². The maximum atomic E-state index is 15.2. The third-order valence-corrected chi connectivity index (χ3v) is 7.63. The SMILES string of the molecule is Cc1cc(Nc2nc(Nc3cc(C)c(C4CCN(C(=O)[C@H]5CCCN5C)CC4)cc3F)ncc2Cl)n[nH]1. The molecule has 4 heterocycles. The molecule has 3 aromatic rings. The number of aryl methyl sites for hydroxylation is 2. The van der Waals surface area contributed by atoms with Crippen LogP contribution in [0.2, 0.25) is 5.02 Å². The molecule has 0 unspecified atom stereocenters. The number of carbonyl (C=O) groups excluding carboxylic acids is 1. The molecule has 9 nitrogen and oxygen atoms in total. The molecule has 0 radical (unpaired) electrons. The van der Waals surface area contributed by atoms with Crippen molar-refractivity contribution in [3.8, 4) is 0 Å². The average molecular weight is 527 g/mol. The van der Waals surface area contributed by atoms with Crippen molar-refractivity contribution in [1.29, 1.82) is 0 Å². The zero-order valence-electron chi connectivity index (χ0n) is 21.3. The summed E-state index contributed by atoms with van der Waals surface area (Å²) in [5.74, 6) is 1.23. The minimum absolute atomic E-state index is 0.00953. The van der Waals surface area contributed by atoms with Crippen LogP contribution in [-0.4, -0.2) is 68.6 Å². The molecular weight excluding hydrogens is 495 g/mol. The summed E-state index contributed by atoms with van der Waals surface area (Å²) < 4.78 is 15.2. The molecule has 3 N–H and O–H groups in total. The Morgan fingerprint density at radius 2 is 1.92 bits per heavy atom. The first kappa shape index (κ1) is 25.4. The molecular formula is C26H32ClFN8O. The van der Waals surface area contributed by atoms with E-state index in [1.165, 1.54) is 6.20 Å². The van der Waals surface area contributed by atoms with E-state index in [1.807, 2.05) is 31.9 Å². The fraction of sp³-hybridized carbons (Fsp3) is 0.462. The lowest BCUT2D eigenvalue weighted by Crippen LogP contribution is -2.47. The van der Waals surface area contributed by atoms with Crippen LogP contribution in [0.4, 0.5) is 27.7 Å². The maximum absolute atomic E-state index is 15.2. The molecule has 1 amide bonds. The summed E-state index contributed by atoms with van der Waals surface area (Å²) in [6.07, 6.45) is 5.13. The number of hydrogen-bond donors (Lipinski definition) is 3. The van der Waals surface area contributed by atoms with Crippen molar-refractivity contribution in [2.24, 2.45) is 0 Å². The average Bonchev–Trinajstić information content (AvgIpc) is 3.50. The van der Waals surface area contributed by atoms with Crippen molar-refractivity contribution in [3.05, 3.63) is 52.1 Å². The van der Waals surface area contributed by atoms with Crippen LogP contribution >= 0.6 is 11.6 Å². The fourth-order valence-electron chi connectivity index (χ4n) is 5.32.